The zero-order valence-corrected chi connectivity index (χ0v) is 10.4. The SMILES string of the molecule is CN1CCCC1COc1ccc2c(c1)CNC2. The number of fused-ring (bicyclic) bond motifs is 1. The van der Waals surface area contributed by atoms with Crippen LogP contribution < -0.4 is 10.1 Å². The van der Waals surface area contributed by atoms with E-state index in [1.54, 1.807) is 0 Å². The van der Waals surface area contributed by atoms with Crippen LogP contribution in [0.25, 0.3) is 0 Å². The number of hydrogen-bond acceptors (Lipinski definition) is 3. The monoisotopic (exact) mass is 232 g/mol. The van der Waals surface area contributed by atoms with Crippen LogP contribution in [0.5, 0.6) is 5.75 Å². The minimum atomic E-state index is 0.598. The van der Waals surface area contributed by atoms with Crippen molar-refractivity contribution in [3.8, 4) is 5.75 Å². The van der Waals surface area contributed by atoms with Crippen molar-refractivity contribution in [2.45, 2.75) is 32.0 Å². The molecule has 1 aromatic rings. The van der Waals surface area contributed by atoms with Gasteiger partial charge in [0.25, 0.3) is 0 Å². The third kappa shape index (κ3) is 2.31. The lowest BCUT2D eigenvalue weighted by molar-refractivity contribution is 0.198. The number of hydrogen-bond donors (Lipinski definition) is 1. The number of ether oxygens (including phenoxy) is 1. The van der Waals surface area contributed by atoms with Gasteiger partial charge in [-0.25, -0.2) is 0 Å². The number of nitrogens with zero attached hydrogens (tertiary/aromatic N) is 1. The van der Waals surface area contributed by atoms with E-state index in [9.17, 15) is 0 Å². The Kier molecular flexibility index (Phi) is 3.04. The first-order valence-electron chi connectivity index (χ1n) is 6.48. The molecule has 0 amide bonds. The largest absolute Gasteiger partial charge is 0.492 e. The van der Waals surface area contributed by atoms with E-state index >= 15 is 0 Å². The van der Waals surface area contributed by atoms with Crippen LogP contribution in [0, 0.1) is 0 Å². The Bertz CT molecular complexity index is 405. The Morgan fingerprint density at radius 2 is 2.24 bits per heavy atom. The summed E-state index contributed by atoms with van der Waals surface area (Å²) in [4.78, 5) is 2.40. The molecular formula is C14H20N2O. The summed E-state index contributed by atoms with van der Waals surface area (Å²) in [6.45, 7) is 4.02. The first kappa shape index (κ1) is 11.1. The van der Waals surface area contributed by atoms with E-state index < -0.39 is 0 Å². The fourth-order valence-electron chi connectivity index (χ4n) is 2.74. The Morgan fingerprint density at radius 3 is 3.06 bits per heavy atom. The first-order valence-corrected chi connectivity index (χ1v) is 6.48. The molecule has 0 radical (unpaired) electrons. The maximum Gasteiger partial charge on any atom is 0.119 e. The molecule has 92 valence electrons. The van der Waals surface area contributed by atoms with Gasteiger partial charge in [0.1, 0.15) is 12.4 Å². The molecule has 1 unspecified atom stereocenters. The Hall–Kier alpha value is -1.06. The van der Waals surface area contributed by atoms with E-state index in [2.05, 4.69) is 35.5 Å². The van der Waals surface area contributed by atoms with E-state index in [1.165, 1.54) is 30.5 Å². The molecule has 0 bridgehead atoms. The second-order valence-corrected chi connectivity index (χ2v) is 5.12. The van der Waals surface area contributed by atoms with Crippen molar-refractivity contribution in [2.24, 2.45) is 0 Å². The molecule has 0 aromatic heterocycles. The Labute approximate surface area is 103 Å². The molecule has 2 aliphatic rings. The van der Waals surface area contributed by atoms with Crippen LogP contribution in [0.1, 0.15) is 24.0 Å². The normalized spacial score (nSPS) is 23.9. The fraction of sp³-hybridized carbons (Fsp3) is 0.571. The highest BCUT2D eigenvalue weighted by Gasteiger charge is 2.21. The van der Waals surface area contributed by atoms with Crippen LogP contribution in [-0.4, -0.2) is 31.1 Å². The van der Waals surface area contributed by atoms with Crippen LogP contribution in [0.2, 0.25) is 0 Å². The van der Waals surface area contributed by atoms with Crippen molar-refractivity contribution < 1.29 is 4.74 Å². The predicted molar refractivity (Wildman–Crippen MR) is 68.1 cm³/mol. The molecule has 0 saturated carbocycles. The van der Waals surface area contributed by atoms with Gasteiger partial charge in [-0.2, -0.15) is 0 Å². The lowest BCUT2D eigenvalue weighted by atomic mass is 10.1. The minimum Gasteiger partial charge on any atom is -0.492 e. The molecule has 1 saturated heterocycles. The van der Waals surface area contributed by atoms with Gasteiger partial charge in [0.2, 0.25) is 0 Å². The van der Waals surface area contributed by atoms with Gasteiger partial charge in [0.15, 0.2) is 0 Å². The molecule has 2 aliphatic heterocycles. The van der Waals surface area contributed by atoms with Gasteiger partial charge in [-0.3, -0.25) is 0 Å². The maximum atomic E-state index is 5.92. The summed E-state index contributed by atoms with van der Waals surface area (Å²) in [6.07, 6.45) is 2.57. The summed E-state index contributed by atoms with van der Waals surface area (Å²) >= 11 is 0. The number of rotatable bonds is 3. The number of likely N-dealkylation sites (tertiary alicyclic amines) is 1. The third-order valence-electron chi connectivity index (χ3n) is 3.92. The van der Waals surface area contributed by atoms with Crippen LogP contribution in [0.3, 0.4) is 0 Å². The lowest BCUT2D eigenvalue weighted by Gasteiger charge is -2.19. The van der Waals surface area contributed by atoms with E-state index in [1.807, 2.05) is 0 Å². The maximum absolute atomic E-state index is 5.92. The molecule has 2 heterocycles. The van der Waals surface area contributed by atoms with Gasteiger partial charge >= 0.3 is 0 Å². The molecule has 1 N–H and O–H groups in total. The fourth-order valence-corrected chi connectivity index (χ4v) is 2.74. The van der Waals surface area contributed by atoms with Crippen molar-refractivity contribution in [2.75, 3.05) is 20.2 Å². The quantitative estimate of drug-likeness (QED) is 0.859. The van der Waals surface area contributed by atoms with E-state index in [4.69, 9.17) is 4.74 Å². The smallest absolute Gasteiger partial charge is 0.119 e. The topological polar surface area (TPSA) is 24.5 Å². The van der Waals surface area contributed by atoms with Crippen molar-refractivity contribution in [1.29, 1.82) is 0 Å². The number of nitrogens with one attached hydrogen (secondary N) is 1. The molecule has 0 spiro atoms. The molecule has 1 atom stereocenters. The molecular weight excluding hydrogens is 212 g/mol. The summed E-state index contributed by atoms with van der Waals surface area (Å²) in [5, 5.41) is 3.36. The van der Waals surface area contributed by atoms with Gasteiger partial charge in [-0.1, -0.05) is 6.07 Å². The van der Waals surface area contributed by atoms with Crippen LogP contribution in [0.15, 0.2) is 18.2 Å². The van der Waals surface area contributed by atoms with Crippen molar-refractivity contribution in [1.82, 2.24) is 10.2 Å². The molecule has 0 aliphatic carbocycles. The van der Waals surface area contributed by atoms with Gasteiger partial charge in [-0.15, -0.1) is 0 Å². The number of benzene rings is 1. The second kappa shape index (κ2) is 4.67. The number of likely N-dealkylation sites (N-methyl/N-ethyl adjacent to an activating group) is 1. The molecule has 3 heteroatoms. The summed E-state index contributed by atoms with van der Waals surface area (Å²) < 4.78 is 5.92. The summed E-state index contributed by atoms with van der Waals surface area (Å²) in [7, 11) is 2.19. The zero-order valence-electron chi connectivity index (χ0n) is 10.4. The molecule has 1 aromatic carbocycles. The highest BCUT2D eigenvalue weighted by molar-refractivity contribution is 5.37. The van der Waals surface area contributed by atoms with E-state index in [0.717, 1.165) is 25.4 Å². The van der Waals surface area contributed by atoms with Crippen LogP contribution in [0.4, 0.5) is 0 Å². The van der Waals surface area contributed by atoms with Gasteiger partial charge in [0, 0.05) is 19.1 Å². The average molecular weight is 232 g/mol. The van der Waals surface area contributed by atoms with Crippen molar-refractivity contribution in [3.63, 3.8) is 0 Å². The predicted octanol–water partition coefficient (Wildman–Crippen LogP) is 1.76. The Morgan fingerprint density at radius 1 is 1.35 bits per heavy atom. The van der Waals surface area contributed by atoms with Crippen LogP contribution >= 0.6 is 0 Å². The third-order valence-corrected chi connectivity index (χ3v) is 3.92. The zero-order chi connectivity index (χ0) is 11.7. The van der Waals surface area contributed by atoms with Crippen molar-refractivity contribution >= 4 is 0 Å². The van der Waals surface area contributed by atoms with Crippen LogP contribution in [-0.2, 0) is 13.1 Å². The Balaban J connectivity index is 1.61. The molecule has 1 fully saturated rings. The summed E-state index contributed by atoms with van der Waals surface area (Å²) in [6, 6.07) is 7.06. The highest BCUT2D eigenvalue weighted by Crippen LogP contribution is 2.23. The van der Waals surface area contributed by atoms with Gasteiger partial charge in [0.05, 0.1) is 0 Å². The second-order valence-electron chi connectivity index (χ2n) is 5.12. The van der Waals surface area contributed by atoms with E-state index in [0.29, 0.717) is 6.04 Å². The standard InChI is InChI=1S/C14H20N2O/c1-16-6-2-3-13(16)10-17-14-5-4-11-8-15-9-12(11)7-14/h4-5,7,13,15H,2-3,6,8-10H2,1H3. The average Bonchev–Trinajstić information content (AvgIpc) is 2.94. The molecule has 3 rings (SSSR count). The molecule has 3 nitrogen and oxygen atoms in total. The van der Waals surface area contributed by atoms with Crippen molar-refractivity contribution in [3.05, 3.63) is 29.3 Å². The summed E-state index contributed by atoms with van der Waals surface area (Å²) in [5.74, 6) is 1.02. The lowest BCUT2D eigenvalue weighted by Crippen LogP contribution is -2.30. The highest BCUT2D eigenvalue weighted by atomic mass is 16.5. The van der Waals surface area contributed by atoms with E-state index in [-0.39, 0.29) is 0 Å². The summed E-state index contributed by atoms with van der Waals surface area (Å²) in [5.41, 5.74) is 2.80. The minimum absolute atomic E-state index is 0.598. The first-order chi connectivity index (χ1) is 8.33. The molecule has 17 heavy (non-hydrogen) atoms. The van der Waals surface area contributed by atoms with Gasteiger partial charge in [-0.05, 0) is 49.7 Å². The van der Waals surface area contributed by atoms with Gasteiger partial charge < -0.3 is 15.0 Å².